The monoisotopic (exact) mass is 328 g/mol. The molecule has 1 aromatic heterocycles. The number of nitrogens with zero attached hydrogens (tertiary/aromatic N) is 1. The summed E-state index contributed by atoms with van der Waals surface area (Å²) in [6.45, 7) is 6.96. The van der Waals surface area contributed by atoms with Gasteiger partial charge < -0.3 is 14.6 Å². The predicted molar refractivity (Wildman–Crippen MR) is 94.5 cm³/mol. The van der Waals surface area contributed by atoms with Crippen molar-refractivity contribution in [1.82, 2.24) is 9.88 Å². The second-order valence-electron chi connectivity index (χ2n) is 5.93. The van der Waals surface area contributed by atoms with Crippen LogP contribution in [0.4, 0.5) is 0 Å². The van der Waals surface area contributed by atoms with Crippen LogP contribution in [-0.4, -0.2) is 23.6 Å². The highest BCUT2D eigenvalue weighted by Crippen LogP contribution is 2.20. The van der Waals surface area contributed by atoms with E-state index in [2.05, 4.69) is 5.32 Å². The van der Waals surface area contributed by atoms with Gasteiger partial charge in [-0.1, -0.05) is 12.1 Å². The molecule has 2 aromatic rings. The summed E-state index contributed by atoms with van der Waals surface area (Å²) >= 11 is 0. The van der Waals surface area contributed by atoms with Crippen LogP contribution in [0.5, 0.6) is 5.75 Å². The SMILES string of the molecule is Cc1ccn(CCCNC(=O)COc2cccc(C)c2C)c(=O)c1. The van der Waals surface area contributed by atoms with Gasteiger partial charge in [0.2, 0.25) is 0 Å². The van der Waals surface area contributed by atoms with Gasteiger partial charge in [0.05, 0.1) is 0 Å². The van der Waals surface area contributed by atoms with Crippen LogP contribution in [0, 0.1) is 20.8 Å². The van der Waals surface area contributed by atoms with Gasteiger partial charge in [-0.25, -0.2) is 0 Å². The van der Waals surface area contributed by atoms with E-state index in [4.69, 9.17) is 4.74 Å². The summed E-state index contributed by atoms with van der Waals surface area (Å²) < 4.78 is 7.20. The number of hydrogen-bond donors (Lipinski definition) is 1. The molecule has 0 unspecified atom stereocenters. The van der Waals surface area contributed by atoms with Crippen LogP contribution >= 0.6 is 0 Å². The minimum Gasteiger partial charge on any atom is -0.483 e. The van der Waals surface area contributed by atoms with Crippen molar-refractivity contribution in [1.29, 1.82) is 0 Å². The molecule has 1 aromatic carbocycles. The first kappa shape index (κ1) is 17.8. The van der Waals surface area contributed by atoms with Crippen molar-refractivity contribution < 1.29 is 9.53 Å². The highest BCUT2D eigenvalue weighted by Gasteiger charge is 2.05. The van der Waals surface area contributed by atoms with Gasteiger partial charge in [0.1, 0.15) is 5.75 Å². The number of amides is 1. The normalized spacial score (nSPS) is 10.5. The van der Waals surface area contributed by atoms with Gasteiger partial charge in [-0.05, 0) is 56.0 Å². The topological polar surface area (TPSA) is 60.3 Å². The highest BCUT2D eigenvalue weighted by molar-refractivity contribution is 5.77. The van der Waals surface area contributed by atoms with Crippen LogP contribution in [0.15, 0.2) is 41.3 Å². The third-order valence-corrected chi connectivity index (χ3v) is 3.96. The Morgan fingerprint density at radius 1 is 1.21 bits per heavy atom. The molecule has 0 aliphatic rings. The Labute approximate surface area is 142 Å². The first-order valence-corrected chi connectivity index (χ1v) is 8.10. The van der Waals surface area contributed by atoms with Gasteiger partial charge in [0.15, 0.2) is 6.61 Å². The summed E-state index contributed by atoms with van der Waals surface area (Å²) in [5.41, 5.74) is 3.12. The molecular formula is C19H24N2O3. The van der Waals surface area contributed by atoms with Crippen LogP contribution in [0.3, 0.4) is 0 Å². The first-order chi connectivity index (χ1) is 11.5. The maximum absolute atomic E-state index is 11.8. The lowest BCUT2D eigenvalue weighted by atomic mass is 10.1. The predicted octanol–water partition coefficient (Wildman–Crippen LogP) is 2.36. The molecule has 0 bridgehead atoms. The van der Waals surface area contributed by atoms with Gasteiger partial charge in [0.25, 0.3) is 11.5 Å². The summed E-state index contributed by atoms with van der Waals surface area (Å²) in [6, 6.07) is 9.29. The molecule has 0 fully saturated rings. The molecule has 2 rings (SSSR count). The summed E-state index contributed by atoms with van der Waals surface area (Å²) in [5.74, 6) is 0.573. The molecule has 5 heteroatoms. The molecule has 0 saturated heterocycles. The lowest BCUT2D eigenvalue weighted by molar-refractivity contribution is -0.123. The van der Waals surface area contributed by atoms with Crippen molar-refractivity contribution in [3.63, 3.8) is 0 Å². The molecular weight excluding hydrogens is 304 g/mol. The fraction of sp³-hybridized carbons (Fsp3) is 0.368. The van der Waals surface area contributed by atoms with Gasteiger partial charge >= 0.3 is 0 Å². The maximum Gasteiger partial charge on any atom is 0.257 e. The minimum atomic E-state index is -0.160. The lowest BCUT2D eigenvalue weighted by Crippen LogP contribution is -2.31. The summed E-state index contributed by atoms with van der Waals surface area (Å²) in [5, 5.41) is 2.81. The third kappa shape index (κ3) is 4.98. The fourth-order valence-electron chi connectivity index (χ4n) is 2.34. The van der Waals surface area contributed by atoms with Crippen LogP contribution < -0.4 is 15.6 Å². The van der Waals surface area contributed by atoms with Crippen LogP contribution in [0.1, 0.15) is 23.1 Å². The van der Waals surface area contributed by atoms with E-state index in [1.54, 1.807) is 16.8 Å². The number of nitrogens with one attached hydrogen (secondary N) is 1. The fourth-order valence-corrected chi connectivity index (χ4v) is 2.34. The first-order valence-electron chi connectivity index (χ1n) is 8.10. The van der Waals surface area contributed by atoms with E-state index in [0.29, 0.717) is 19.5 Å². The lowest BCUT2D eigenvalue weighted by Gasteiger charge is -2.11. The van der Waals surface area contributed by atoms with E-state index in [1.165, 1.54) is 0 Å². The van der Waals surface area contributed by atoms with Crippen molar-refractivity contribution in [2.24, 2.45) is 0 Å². The molecule has 1 amide bonds. The van der Waals surface area contributed by atoms with Crippen molar-refractivity contribution in [2.75, 3.05) is 13.2 Å². The Morgan fingerprint density at radius 2 is 2.00 bits per heavy atom. The number of carbonyl (C=O) groups excluding carboxylic acids is 1. The number of pyridine rings is 1. The van der Waals surface area contributed by atoms with E-state index in [9.17, 15) is 9.59 Å². The van der Waals surface area contributed by atoms with Crippen molar-refractivity contribution >= 4 is 5.91 Å². The second-order valence-corrected chi connectivity index (χ2v) is 5.93. The summed E-state index contributed by atoms with van der Waals surface area (Å²) in [6.07, 6.45) is 2.47. The quantitative estimate of drug-likeness (QED) is 0.794. The summed E-state index contributed by atoms with van der Waals surface area (Å²) in [7, 11) is 0. The number of ether oxygens (including phenoxy) is 1. The Kier molecular flexibility index (Phi) is 6.18. The van der Waals surface area contributed by atoms with Crippen LogP contribution in [0.2, 0.25) is 0 Å². The number of benzene rings is 1. The Balaban J connectivity index is 1.72. The van der Waals surface area contributed by atoms with E-state index in [0.717, 1.165) is 22.4 Å². The van der Waals surface area contributed by atoms with Crippen molar-refractivity contribution in [2.45, 2.75) is 33.7 Å². The van der Waals surface area contributed by atoms with Crippen LogP contribution in [-0.2, 0) is 11.3 Å². The van der Waals surface area contributed by atoms with Crippen molar-refractivity contribution in [3.8, 4) is 5.75 Å². The molecule has 0 atom stereocenters. The Bertz CT molecular complexity index is 765. The molecule has 0 saturated carbocycles. The average Bonchev–Trinajstić information content (AvgIpc) is 2.54. The molecule has 0 radical (unpaired) electrons. The molecule has 128 valence electrons. The van der Waals surface area contributed by atoms with Crippen LogP contribution in [0.25, 0.3) is 0 Å². The number of hydrogen-bond acceptors (Lipinski definition) is 3. The largest absolute Gasteiger partial charge is 0.483 e. The van der Waals surface area contributed by atoms with E-state index < -0.39 is 0 Å². The Morgan fingerprint density at radius 3 is 2.75 bits per heavy atom. The number of carbonyl (C=O) groups is 1. The number of aromatic nitrogens is 1. The van der Waals surface area contributed by atoms with E-state index >= 15 is 0 Å². The second kappa shape index (κ2) is 8.34. The van der Waals surface area contributed by atoms with Gasteiger partial charge in [-0.15, -0.1) is 0 Å². The molecule has 24 heavy (non-hydrogen) atoms. The molecule has 1 N–H and O–H groups in total. The number of aryl methyl sites for hydroxylation is 3. The van der Waals surface area contributed by atoms with E-state index in [-0.39, 0.29) is 18.1 Å². The highest BCUT2D eigenvalue weighted by atomic mass is 16.5. The minimum absolute atomic E-state index is 0.00519. The van der Waals surface area contributed by atoms with E-state index in [1.807, 2.05) is 45.0 Å². The smallest absolute Gasteiger partial charge is 0.257 e. The molecule has 5 nitrogen and oxygen atoms in total. The number of rotatable bonds is 7. The average molecular weight is 328 g/mol. The van der Waals surface area contributed by atoms with Crippen molar-refractivity contribution in [3.05, 3.63) is 63.6 Å². The maximum atomic E-state index is 11.8. The molecule has 0 aliphatic heterocycles. The third-order valence-electron chi connectivity index (χ3n) is 3.96. The molecule has 0 aliphatic carbocycles. The zero-order valence-electron chi connectivity index (χ0n) is 14.5. The van der Waals surface area contributed by atoms with Gasteiger partial charge in [-0.3, -0.25) is 9.59 Å². The molecule has 1 heterocycles. The van der Waals surface area contributed by atoms with Gasteiger partial charge in [-0.2, -0.15) is 0 Å². The summed E-state index contributed by atoms with van der Waals surface area (Å²) in [4.78, 5) is 23.6. The molecule has 0 spiro atoms. The Hall–Kier alpha value is -2.56. The zero-order chi connectivity index (χ0) is 17.5. The standard InChI is InChI=1S/C19H24N2O3/c1-14-8-11-21(19(23)12-14)10-5-9-20-18(22)13-24-17-7-4-6-15(2)16(17)3/h4,6-8,11-12H,5,9-10,13H2,1-3H3,(H,20,22). The van der Waals surface area contributed by atoms with Gasteiger partial charge in [0, 0.05) is 25.4 Å². The zero-order valence-corrected chi connectivity index (χ0v) is 14.5.